The van der Waals surface area contributed by atoms with Gasteiger partial charge in [-0.05, 0) is 36.1 Å². The fourth-order valence-corrected chi connectivity index (χ4v) is 5.48. The molecule has 1 aliphatic heterocycles. The summed E-state index contributed by atoms with van der Waals surface area (Å²) in [6.45, 7) is 7.73. The van der Waals surface area contributed by atoms with Crippen molar-refractivity contribution in [3.8, 4) is 11.3 Å². The summed E-state index contributed by atoms with van der Waals surface area (Å²) in [7, 11) is 0. The van der Waals surface area contributed by atoms with Gasteiger partial charge in [0, 0.05) is 30.4 Å². The number of rotatable bonds is 8. The van der Waals surface area contributed by atoms with Crippen molar-refractivity contribution in [1.29, 1.82) is 0 Å². The maximum absolute atomic E-state index is 16.1. The van der Waals surface area contributed by atoms with Gasteiger partial charge < -0.3 is 14.8 Å². The summed E-state index contributed by atoms with van der Waals surface area (Å²) in [5, 5.41) is 3.15. The Kier molecular flexibility index (Phi) is 7.67. The van der Waals surface area contributed by atoms with E-state index in [0.29, 0.717) is 25.1 Å². The molecule has 2 atom stereocenters. The van der Waals surface area contributed by atoms with E-state index in [1.165, 1.54) is 0 Å². The maximum Gasteiger partial charge on any atom is 0.254 e. The van der Waals surface area contributed by atoms with Gasteiger partial charge in [0.1, 0.15) is 11.5 Å². The van der Waals surface area contributed by atoms with Gasteiger partial charge in [-0.25, -0.2) is 9.37 Å². The number of halogens is 1. The highest BCUT2D eigenvalue weighted by Gasteiger charge is 2.44. The van der Waals surface area contributed by atoms with E-state index in [1.54, 1.807) is 17.0 Å². The number of hydrogen-bond acceptors (Lipinski definition) is 3. The minimum Gasteiger partial charge on any atom is -0.328 e. The molecular formula is C33H37FN4O. The standard InChI is InChI=1S/C33H37FN4O/c1-32(2,3)29(38(24-33(34)19-20-35-23-33)31(39)27-17-11-6-12-18-27)30-36-28(26-15-9-5-10-16-26)22-37(30)21-25-13-7-4-8-14-25/h4-18,22,29,35H,19-21,23-24H2,1-3H3/t29-,33+/m0/s1. The monoisotopic (exact) mass is 524 g/mol. The molecule has 1 N–H and O–H groups in total. The summed E-state index contributed by atoms with van der Waals surface area (Å²) in [5.41, 5.74) is 1.58. The van der Waals surface area contributed by atoms with Crippen LogP contribution < -0.4 is 5.32 Å². The number of carbonyl (C=O) groups is 1. The van der Waals surface area contributed by atoms with Gasteiger partial charge in [-0.1, -0.05) is 99.6 Å². The highest BCUT2D eigenvalue weighted by molar-refractivity contribution is 5.94. The van der Waals surface area contributed by atoms with Gasteiger partial charge in [0.2, 0.25) is 0 Å². The van der Waals surface area contributed by atoms with Crippen LogP contribution in [-0.4, -0.2) is 45.7 Å². The maximum atomic E-state index is 16.1. The number of amides is 1. The third-order valence-corrected chi connectivity index (χ3v) is 7.38. The molecule has 0 saturated carbocycles. The number of nitrogens with zero attached hydrogens (tertiary/aromatic N) is 3. The Bertz CT molecular complexity index is 1370. The SMILES string of the molecule is CC(C)(C)[C@H](c1nc(-c2ccccc2)cn1Cc1ccccc1)N(C[C@@]1(F)CCNC1)C(=O)c1ccccc1. The van der Waals surface area contributed by atoms with Gasteiger partial charge in [0.05, 0.1) is 18.3 Å². The Morgan fingerprint density at radius 1 is 1.00 bits per heavy atom. The van der Waals surface area contributed by atoms with Crippen molar-refractivity contribution in [1.82, 2.24) is 19.8 Å². The molecule has 202 valence electrons. The number of nitrogens with one attached hydrogen (secondary N) is 1. The van der Waals surface area contributed by atoms with E-state index in [4.69, 9.17) is 4.98 Å². The molecule has 5 rings (SSSR count). The number of hydrogen-bond donors (Lipinski definition) is 1. The van der Waals surface area contributed by atoms with Crippen LogP contribution in [-0.2, 0) is 6.54 Å². The molecule has 0 radical (unpaired) electrons. The second kappa shape index (κ2) is 11.1. The molecule has 0 spiro atoms. The van der Waals surface area contributed by atoms with Crippen LogP contribution in [0.25, 0.3) is 11.3 Å². The molecule has 39 heavy (non-hydrogen) atoms. The molecule has 0 unspecified atom stereocenters. The van der Waals surface area contributed by atoms with Crippen molar-refractivity contribution in [3.05, 3.63) is 114 Å². The van der Waals surface area contributed by atoms with Crippen molar-refractivity contribution in [2.24, 2.45) is 5.41 Å². The van der Waals surface area contributed by atoms with Crippen LogP contribution in [0.4, 0.5) is 4.39 Å². The van der Waals surface area contributed by atoms with Crippen LogP contribution >= 0.6 is 0 Å². The van der Waals surface area contributed by atoms with E-state index in [-0.39, 0.29) is 19.0 Å². The lowest BCUT2D eigenvalue weighted by Gasteiger charge is -2.42. The zero-order valence-electron chi connectivity index (χ0n) is 23.0. The summed E-state index contributed by atoms with van der Waals surface area (Å²) in [6, 6.07) is 29.0. The molecule has 1 amide bonds. The second-order valence-electron chi connectivity index (χ2n) is 11.6. The van der Waals surface area contributed by atoms with E-state index >= 15 is 4.39 Å². The van der Waals surface area contributed by atoms with Crippen molar-refractivity contribution in [2.75, 3.05) is 19.6 Å². The molecule has 1 fully saturated rings. The van der Waals surface area contributed by atoms with Crippen LogP contribution in [0.2, 0.25) is 0 Å². The Morgan fingerprint density at radius 3 is 2.21 bits per heavy atom. The largest absolute Gasteiger partial charge is 0.328 e. The highest BCUT2D eigenvalue weighted by Crippen LogP contribution is 2.41. The lowest BCUT2D eigenvalue weighted by molar-refractivity contribution is 0.0241. The van der Waals surface area contributed by atoms with Crippen molar-refractivity contribution in [3.63, 3.8) is 0 Å². The number of aromatic nitrogens is 2. The molecule has 4 aromatic rings. The van der Waals surface area contributed by atoms with E-state index in [2.05, 4.69) is 49.0 Å². The first-order chi connectivity index (χ1) is 18.7. The molecule has 1 aromatic heterocycles. The fourth-order valence-electron chi connectivity index (χ4n) is 5.48. The Balaban J connectivity index is 1.66. The van der Waals surface area contributed by atoms with Crippen LogP contribution in [0.1, 0.15) is 55.0 Å². The smallest absolute Gasteiger partial charge is 0.254 e. The number of carbonyl (C=O) groups excluding carboxylic acids is 1. The number of alkyl halides is 1. The van der Waals surface area contributed by atoms with Gasteiger partial charge in [-0.2, -0.15) is 0 Å². The Labute approximate surface area is 230 Å². The van der Waals surface area contributed by atoms with Gasteiger partial charge in [0.15, 0.2) is 0 Å². The van der Waals surface area contributed by atoms with Gasteiger partial charge in [0.25, 0.3) is 5.91 Å². The first-order valence-corrected chi connectivity index (χ1v) is 13.7. The van der Waals surface area contributed by atoms with Crippen molar-refractivity contribution >= 4 is 5.91 Å². The molecule has 1 aliphatic rings. The first kappa shape index (κ1) is 26.8. The van der Waals surface area contributed by atoms with Gasteiger partial charge in [-0.3, -0.25) is 4.79 Å². The fraction of sp³-hybridized carbons (Fsp3) is 0.333. The van der Waals surface area contributed by atoms with Crippen LogP contribution in [0.15, 0.2) is 97.2 Å². The van der Waals surface area contributed by atoms with Crippen LogP contribution in [0, 0.1) is 5.41 Å². The summed E-state index contributed by atoms with van der Waals surface area (Å²) in [4.78, 5) is 21.1. The second-order valence-corrected chi connectivity index (χ2v) is 11.6. The summed E-state index contributed by atoms with van der Waals surface area (Å²) in [6.07, 6.45) is 2.43. The molecule has 2 heterocycles. The Hall–Kier alpha value is -3.77. The van der Waals surface area contributed by atoms with Crippen LogP contribution in [0.3, 0.4) is 0 Å². The molecule has 1 saturated heterocycles. The summed E-state index contributed by atoms with van der Waals surface area (Å²) >= 11 is 0. The summed E-state index contributed by atoms with van der Waals surface area (Å²) in [5.74, 6) is 0.569. The number of benzene rings is 3. The predicted molar refractivity (Wildman–Crippen MR) is 154 cm³/mol. The van der Waals surface area contributed by atoms with Crippen molar-refractivity contribution < 1.29 is 9.18 Å². The topological polar surface area (TPSA) is 50.2 Å². The van der Waals surface area contributed by atoms with Crippen molar-refractivity contribution in [2.45, 2.75) is 45.4 Å². The normalized spacial score (nSPS) is 18.2. The van der Waals surface area contributed by atoms with Gasteiger partial charge >= 0.3 is 0 Å². The zero-order valence-corrected chi connectivity index (χ0v) is 23.0. The zero-order chi connectivity index (χ0) is 27.5. The average Bonchev–Trinajstić information content (AvgIpc) is 3.55. The minimum atomic E-state index is -1.51. The number of imidazole rings is 1. The lowest BCUT2D eigenvalue weighted by Crippen LogP contribution is -2.49. The molecule has 0 aliphatic carbocycles. The van der Waals surface area contributed by atoms with E-state index < -0.39 is 17.1 Å². The molecular weight excluding hydrogens is 487 g/mol. The Morgan fingerprint density at radius 2 is 1.62 bits per heavy atom. The van der Waals surface area contributed by atoms with E-state index in [0.717, 1.165) is 22.6 Å². The average molecular weight is 525 g/mol. The van der Waals surface area contributed by atoms with Gasteiger partial charge in [-0.15, -0.1) is 0 Å². The summed E-state index contributed by atoms with van der Waals surface area (Å²) < 4.78 is 18.3. The highest BCUT2D eigenvalue weighted by atomic mass is 19.1. The predicted octanol–water partition coefficient (Wildman–Crippen LogP) is 6.53. The molecule has 3 aromatic carbocycles. The van der Waals surface area contributed by atoms with Crippen LogP contribution in [0.5, 0.6) is 0 Å². The molecule has 5 nitrogen and oxygen atoms in total. The molecule has 0 bridgehead atoms. The minimum absolute atomic E-state index is 0.00543. The third kappa shape index (κ3) is 6.12. The quantitative estimate of drug-likeness (QED) is 0.285. The lowest BCUT2D eigenvalue weighted by atomic mass is 9.83. The third-order valence-electron chi connectivity index (χ3n) is 7.38. The first-order valence-electron chi connectivity index (χ1n) is 13.7. The van der Waals surface area contributed by atoms with E-state index in [9.17, 15) is 4.79 Å². The molecule has 6 heteroatoms. The van der Waals surface area contributed by atoms with E-state index in [1.807, 2.05) is 66.7 Å².